The summed E-state index contributed by atoms with van der Waals surface area (Å²) in [6.07, 6.45) is 2.87. The molecular formula is C13H23N3O3. The number of nitrogens with zero attached hydrogens (tertiary/aromatic N) is 1. The van der Waals surface area contributed by atoms with Crippen LogP contribution in [0.25, 0.3) is 0 Å². The largest absolute Gasteiger partial charge is 0.380 e. The summed E-state index contributed by atoms with van der Waals surface area (Å²) in [6.45, 7) is 4.06. The van der Waals surface area contributed by atoms with Crippen molar-refractivity contribution in [2.24, 2.45) is 0 Å². The molecule has 6 nitrogen and oxygen atoms in total. The van der Waals surface area contributed by atoms with E-state index in [1.54, 1.807) is 14.0 Å². The summed E-state index contributed by atoms with van der Waals surface area (Å²) in [5.74, 6) is -0.0910. The molecule has 3 unspecified atom stereocenters. The highest BCUT2D eigenvalue weighted by Crippen LogP contribution is 2.11. The van der Waals surface area contributed by atoms with E-state index in [-0.39, 0.29) is 24.0 Å². The lowest BCUT2D eigenvalue weighted by Crippen LogP contribution is -2.50. The number of carbonyl (C=O) groups is 2. The Bertz CT molecular complexity index is 342. The fraction of sp³-hybridized carbons (Fsp3) is 0.846. The van der Waals surface area contributed by atoms with Crippen LogP contribution in [-0.2, 0) is 14.3 Å². The van der Waals surface area contributed by atoms with Crippen molar-refractivity contribution in [3.05, 3.63) is 0 Å². The minimum absolute atomic E-state index is 0.0205. The maximum absolute atomic E-state index is 12.1. The van der Waals surface area contributed by atoms with Crippen molar-refractivity contribution >= 4 is 11.8 Å². The number of hydrogen-bond donors (Lipinski definition) is 2. The Hall–Kier alpha value is -1.14. The third-order valence-corrected chi connectivity index (χ3v) is 3.89. The molecule has 6 heteroatoms. The molecule has 3 atom stereocenters. The zero-order chi connectivity index (χ0) is 13.8. The number of ether oxygens (including phenoxy) is 1. The van der Waals surface area contributed by atoms with Crippen LogP contribution in [0.1, 0.15) is 26.2 Å². The summed E-state index contributed by atoms with van der Waals surface area (Å²) in [4.78, 5) is 25.9. The van der Waals surface area contributed by atoms with E-state index in [1.165, 1.54) is 0 Å². The van der Waals surface area contributed by atoms with Crippen LogP contribution in [0.4, 0.5) is 0 Å². The smallest absolute Gasteiger partial charge is 0.244 e. The second-order valence-corrected chi connectivity index (χ2v) is 5.32. The van der Waals surface area contributed by atoms with Gasteiger partial charge in [-0.2, -0.15) is 0 Å². The Morgan fingerprint density at radius 2 is 2.05 bits per heavy atom. The van der Waals surface area contributed by atoms with Crippen LogP contribution >= 0.6 is 0 Å². The van der Waals surface area contributed by atoms with Gasteiger partial charge in [-0.3, -0.25) is 9.59 Å². The first-order valence-electron chi connectivity index (χ1n) is 6.97. The number of rotatable bonds is 4. The van der Waals surface area contributed by atoms with Crippen molar-refractivity contribution in [2.45, 2.75) is 44.4 Å². The van der Waals surface area contributed by atoms with E-state index < -0.39 is 6.04 Å². The number of likely N-dealkylation sites (tertiary alicyclic amines) is 1. The maximum Gasteiger partial charge on any atom is 0.244 e. The molecule has 108 valence electrons. The molecule has 19 heavy (non-hydrogen) atoms. The molecule has 2 amide bonds. The molecule has 2 fully saturated rings. The molecule has 0 aromatic heterocycles. The van der Waals surface area contributed by atoms with Crippen LogP contribution in [0.5, 0.6) is 0 Å². The summed E-state index contributed by atoms with van der Waals surface area (Å²) in [5.41, 5.74) is 0. The van der Waals surface area contributed by atoms with Gasteiger partial charge in [-0.1, -0.05) is 0 Å². The van der Waals surface area contributed by atoms with Gasteiger partial charge in [0.2, 0.25) is 11.8 Å². The Balaban J connectivity index is 1.79. The average molecular weight is 269 g/mol. The standard InChI is InChI=1S/C13H23N3O3/c1-9(13(18)16-5-3-4-6-16)15-12(17)11-7-10(19-2)8-14-11/h9-11,14H,3-8H2,1-2H3,(H,15,17). The Kier molecular flexibility index (Phi) is 4.76. The molecular weight excluding hydrogens is 246 g/mol. The van der Waals surface area contributed by atoms with Crippen molar-refractivity contribution < 1.29 is 14.3 Å². The first-order valence-corrected chi connectivity index (χ1v) is 6.97. The Morgan fingerprint density at radius 1 is 1.37 bits per heavy atom. The van der Waals surface area contributed by atoms with Gasteiger partial charge < -0.3 is 20.3 Å². The van der Waals surface area contributed by atoms with Gasteiger partial charge in [0.15, 0.2) is 0 Å². The zero-order valence-corrected chi connectivity index (χ0v) is 11.6. The van der Waals surface area contributed by atoms with Gasteiger partial charge in [-0.25, -0.2) is 0 Å². The molecule has 2 heterocycles. The monoisotopic (exact) mass is 269 g/mol. The zero-order valence-electron chi connectivity index (χ0n) is 11.6. The highest BCUT2D eigenvalue weighted by molar-refractivity contribution is 5.89. The Labute approximate surface area is 113 Å². The van der Waals surface area contributed by atoms with E-state index in [2.05, 4.69) is 10.6 Å². The molecule has 0 radical (unpaired) electrons. The van der Waals surface area contributed by atoms with E-state index in [0.29, 0.717) is 13.0 Å². The van der Waals surface area contributed by atoms with Gasteiger partial charge in [0.25, 0.3) is 0 Å². The summed E-state index contributed by atoms with van der Waals surface area (Å²) in [6, 6.07) is -0.701. The van der Waals surface area contributed by atoms with Crippen LogP contribution < -0.4 is 10.6 Å². The molecule has 2 saturated heterocycles. The predicted octanol–water partition coefficient (Wildman–Crippen LogP) is -0.510. The average Bonchev–Trinajstić information content (AvgIpc) is 3.08. The van der Waals surface area contributed by atoms with Gasteiger partial charge in [0, 0.05) is 26.7 Å². The number of hydrogen-bond acceptors (Lipinski definition) is 4. The van der Waals surface area contributed by atoms with E-state index >= 15 is 0 Å². The van der Waals surface area contributed by atoms with E-state index in [1.807, 2.05) is 4.90 Å². The van der Waals surface area contributed by atoms with Gasteiger partial charge in [-0.05, 0) is 26.2 Å². The number of methoxy groups -OCH3 is 1. The highest BCUT2D eigenvalue weighted by Gasteiger charge is 2.31. The minimum atomic E-state index is -0.450. The maximum atomic E-state index is 12.1. The molecule has 2 aliphatic heterocycles. The van der Waals surface area contributed by atoms with Crippen molar-refractivity contribution in [3.8, 4) is 0 Å². The van der Waals surface area contributed by atoms with Crippen LogP contribution in [-0.4, -0.2) is 61.6 Å². The van der Waals surface area contributed by atoms with Gasteiger partial charge in [-0.15, -0.1) is 0 Å². The lowest BCUT2D eigenvalue weighted by Gasteiger charge is -2.22. The third kappa shape index (κ3) is 3.45. The SMILES string of the molecule is COC1CNC(C(=O)NC(C)C(=O)N2CCCC2)C1. The first-order chi connectivity index (χ1) is 9.11. The van der Waals surface area contributed by atoms with Crippen LogP contribution in [0.3, 0.4) is 0 Å². The van der Waals surface area contributed by atoms with E-state index in [9.17, 15) is 9.59 Å². The molecule has 0 aromatic rings. The predicted molar refractivity (Wildman–Crippen MR) is 70.6 cm³/mol. The summed E-state index contributed by atoms with van der Waals surface area (Å²) in [7, 11) is 1.64. The van der Waals surface area contributed by atoms with Gasteiger partial charge in [0.1, 0.15) is 6.04 Å². The molecule has 0 spiro atoms. The van der Waals surface area contributed by atoms with Crippen molar-refractivity contribution in [3.63, 3.8) is 0 Å². The molecule has 2 N–H and O–H groups in total. The molecule has 0 aromatic carbocycles. The van der Waals surface area contributed by atoms with Crippen LogP contribution in [0.15, 0.2) is 0 Å². The topological polar surface area (TPSA) is 70.7 Å². The fourth-order valence-electron chi connectivity index (χ4n) is 2.67. The molecule has 2 rings (SSSR count). The summed E-state index contributed by atoms with van der Waals surface area (Å²) < 4.78 is 5.21. The summed E-state index contributed by atoms with van der Waals surface area (Å²) >= 11 is 0. The van der Waals surface area contributed by atoms with Crippen LogP contribution in [0, 0.1) is 0 Å². The number of amides is 2. The normalized spacial score (nSPS) is 28.4. The van der Waals surface area contributed by atoms with Crippen LogP contribution in [0.2, 0.25) is 0 Å². The second kappa shape index (κ2) is 6.34. The molecule has 0 bridgehead atoms. The molecule has 2 aliphatic rings. The van der Waals surface area contributed by atoms with Crippen molar-refractivity contribution in [2.75, 3.05) is 26.7 Å². The van der Waals surface area contributed by atoms with Gasteiger partial charge in [0.05, 0.1) is 12.1 Å². The fourth-order valence-corrected chi connectivity index (χ4v) is 2.67. The van der Waals surface area contributed by atoms with Gasteiger partial charge >= 0.3 is 0 Å². The number of carbonyl (C=O) groups excluding carboxylic acids is 2. The molecule has 0 aliphatic carbocycles. The van der Waals surface area contributed by atoms with E-state index in [4.69, 9.17) is 4.74 Å². The number of nitrogens with one attached hydrogen (secondary N) is 2. The second-order valence-electron chi connectivity index (χ2n) is 5.32. The third-order valence-electron chi connectivity index (χ3n) is 3.89. The van der Waals surface area contributed by atoms with Crippen molar-refractivity contribution in [1.82, 2.24) is 15.5 Å². The lowest BCUT2D eigenvalue weighted by atomic mass is 10.1. The van der Waals surface area contributed by atoms with E-state index in [0.717, 1.165) is 25.9 Å². The summed E-state index contributed by atoms with van der Waals surface area (Å²) in [5, 5.41) is 5.90. The minimum Gasteiger partial charge on any atom is -0.380 e. The Morgan fingerprint density at radius 3 is 2.63 bits per heavy atom. The highest BCUT2D eigenvalue weighted by atomic mass is 16.5. The quantitative estimate of drug-likeness (QED) is 0.721. The lowest BCUT2D eigenvalue weighted by molar-refractivity contribution is -0.135. The molecule has 0 saturated carbocycles. The first kappa shape index (κ1) is 14.3. The van der Waals surface area contributed by atoms with Crippen molar-refractivity contribution in [1.29, 1.82) is 0 Å².